The molecule has 0 radical (unpaired) electrons. The zero-order chi connectivity index (χ0) is 21.4. The molecule has 0 atom stereocenters. The lowest BCUT2D eigenvalue weighted by Crippen LogP contribution is -2.57. The highest BCUT2D eigenvalue weighted by molar-refractivity contribution is 5.80. The van der Waals surface area contributed by atoms with Crippen LogP contribution in [0.4, 0.5) is 4.79 Å². The maximum absolute atomic E-state index is 12.3. The van der Waals surface area contributed by atoms with Gasteiger partial charge in [0.05, 0.1) is 11.2 Å². The van der Waals surface area contributed by atoms with Crippen molar-refractivity contribution in [1.82, 2.24) is 20.9 Å². The monoisotopic (exact) mass is 395 g/mol. The average molecular weight is 396 g/mol. The Bertz CT molecular complexity index is 638. The molecule has 28 heavy (non-hydrogen) atoms. The molecule has 0 fully saturated rings. The first kappa shape index (κ1) is 23.8. The number of rotatable bonds is 8. The minimum Gasteiger partial charge on any atom is -0.444 e. The molecule has 0 aliphatic heterocycles. The molecule has 3 N–H and O–H groups in total. The van der Waals surface area contributed by atoms with E-state index < -0.39 is 17.2 Å². The Labute approximate surface area is 168 Å². The summed E-state index contributed by atoms with van der Waals surface area (Å²) in [4.78, 5) is 21.2. The lowest BCUT2D eigenvalue weighted by atomic mass is 9.93. The standard InChI is InChI=1S/C20H37N5O3/c1-9-20(10-2,25-18(26)28-19(6,7)8)13-23-17(21-11-3)22-12-16-24-14(4)15(5)27-16/h9-13H2,1-8H3,(H,25,26)(H2,21,22,23). The number of aliphatic imine (C=N–C) groups is 1. The Morgan fingerprint density at radius 3 is 2.25 bits per heavy atom. The molecule has 1 heterocycles. The van der Waals surface area contributed by atoms with Crippen molar-refractivity contribution in [2.75, 3.05) is 13.1 Å². The van der Waals surface area contributed by atoms with Gasteiger partial charge in [0, 0.05) is 13.1 Å². The van der Waals surface area contributed by atoms with Gasteiger partial charge in [-0.3, -0.25) is 0 Å². The normalized spacial score (nSPS) is 12.6. The van der Waals surface area contributed by atoms with Crippen LogP contribution in [0, 0.1) is 13.8 Å². The van der Waals surface area contributed by atoms with Gasteiger partial charge in [-0.2, -0.15) is 0 Å². The maximum Gasteiger partial charge on any atom is 0.408 e. The highest BCUT2D eigenvalue weighted by Crippen LogP contribution is 2.16. The van der Waals surface area contributed by atoms with Crippen LogP contribution in [-0.2, 0) is 11.3 Å². The Kier molecular flexibility index (Phi) is 8.78. The highest BCUT2D eigenvalue weighted by atomic mass is 16.6. The van der Waals surface area contributed by atoms with Gasteiger partial charge in [0.2, 0.25) is 5.89 Å². The second kappa shape index (κ2) is 10.3. The Morgan fingerprint density at radius 2 is 1.79 bits per heavy atom. The summed E-state index contributed by atoms with van der Waals surface area (Å²) in [5.41, 5.74) is -0.0945. The molecule has 1 rings (SSSR count). The van der Waals surface area contributed by atoms with Crippen LogP contribution >= 0.6 is 0 Å². The van der Waals surface area contributed by atoms with Crippen LogP contribution in [0.1, 0.15) is 71.7 Å². The number of nitrogens with one attached hydrogen (secondary N) is 3. The smallest absolute Gasteiger partial charge is 0.408 e. The van der Waals surface area contributed by atoms with Crippen LogP contribution in [0.25, 0.3) is 0 Å². The van der Waals surface area contributed by atoms with E-state index >= 15 is 0 Å². The van der Waals surface area contributed by atoms with E-state index in [1.165, 1.54) is 0 Å². The van der Waals surface area contributed by atoms with E-state index in [9.17, 15) is 4.79 Å². The van der Waals surface area contributed by atoms with Crippen molar-refractivity contribution in [3.63, 3.8) is 0 Å². The topological polar surface area (TPSA) is 101 Å². The number of alkyl carbamates (subject to hydrolysis) is 1. The molecule has 0 aliphatic rings. The zero-order valence-electron chi connectivity index (χ0n) is 18.7. The number of ether oxygens (including phenoxy) is 1. The fourth-order valence-electron chi connectivity index (χ4n) is 2.59. The minimum atomic E-state index is -0.534. The summed E-state index contributed by atoms with van der Waals surface area (Å²) in [6.45, 7) is 17.0. The van der Waals surface area contributed by atoms with Gasteiger partial charge in [-0.15, -0.1) is 0 Å². The molecule has 0 saturated heterocycles. The molecule has 8 nitrogen and oxygen atoms in total. The Balaban J connectivity index is 2.80. The fraction of sp³-hybridized carbons (Fsp3) is 0.750. The van der Waals surface area contributed by atoms with Gasteiger partial charge in [-0.1, -0.05) is 13.8 Å². The molecule has 0 spiro atoms. The number of amides is 1. The molecule has 0 saturated carbocycles. The van der Waals surface area contributed by atoms with Gasteiger partial charge in [-0.05, 0) is 54.4 Å². The number of carbonyl (C=O) groups excluding carboxylic acids is 1. The molecular formula is C20H37N5O3. The minimum absolute atomic E-state index is 0.342. The summed E-state index contributed by atoms with van der Waals surface area (Å²) in [6.07, 6.45) is 1.10. The van der Waals surface area contributed by atoms with E-state index in [2.05, 4.69) is 25.9 Å². The lowest BCUT2D eigenvalue weighted by molar-refractivity contribution is 0.0448. The maximum atomic E-state index is 12.3. The van der Waals surface area contributed by atoms with Crippen LogP contribution in [0.2, 0.25) is 0 Å². The summed E-state index contributed by atoms with van der Waals surface area (Å²) in [6, 6.07) is 0. The van der Waals surface area contributed by atoms with Crippen LogP contribution in [0.15, 0.2) is 9.41 Å². The van der Waals surface area contributed by atoms with Gasteiger partial charge in [0.25, 0.3) is 0 Å². The molecule has 0 aliphatic carbocycles. The van der Waals surface area contributed by atoms with Crippen molar-refractivity contribution in [3.05, 3.63) is 17.3 Å². The molecule has 1 aromatic rings. The predicted molar refractivity (Wildman–Crippen MR) is 111 cm³/mol. The third-order valence-corrected chi connectivity index (χ3v) is 4.50. The third kappa shape index (κ3) is 7.78. The van der Waals surface area contributed by atoms with Crippen molar-refractivity contribution >= 4 is 12.1 Å². The van der Waals surface area contributed by atoms with E-state index in [4.69, 9.17) is 9.15 Å². The Hall–Kier alpha value is -2.25. The van der Waals surface area contributed by atoms with Crippen LogP contribution < -0.4 is 16.0 Å². The first-order valence-electron chi connectivity index (χ1n) is 10.0. The van der Waals surface area contributed by atoms with Crippen LogP contribution in [0.3, 0.4) is 0 Å². The molecule has 1 aromatic heterocycles. The molecular weight excluding hydrogens is 358 g/mol. The number of oxazole rings is 1. The van der Waals surface area contributed by atoms with Gasteiger partial charge >= 0.3 is 6.09 Å². The first-order valence-corrected chi connectivity index (χ1v) is 10.0. The van der Waals surface area contributed by atoms with Crippen molar-refractivity contribution in [3.8, 4) is 0 Å². The highest BCUT2D eigenvalue weighted by Gasteiger charge is 2.30. The van der Waals surface area contributed by atoms with Gasteiger partial charge < -0.3 is 25.1 Å². The predicted octanol–water partition coefficient (Wildman–Crippen LogP) is 3.43. The largest absolute Gasteiger partial charge is 0.444 e. The number of nitrogens with zero attached hydrogens (tertiary/aromatic N) is 2. The van der Waals surface area contributed by atoms with E-state index in [-0.39, 0.29) is 0 Å². The second-order valence-corrected chi connectivity index (χ2v) is 7.91. The molecule has 0 unspecified atom stereocenters. The molecule has 1 amide bonds. The third-order valence-electron chi connectivity index (χ3n) is 4.50. The van der Waals surface area contributed by atoms with Crippen molar-refractivity contribution in [1.29, 1.82) is 0 Å². The van der Waals surface area contributed by atoms with E-state index in [1.807, 2.05) is 55.4 Å². The summed E-state index contributed by atoms with van der Waals surface area (Å²) < 4.78 is 11.0. The summed E-state index contributed by atoms with van der Waals surface area (Å²) in [5.74, 6) is 2.03. The van der Waals surface area contributed by atoms with E-state index in [0.29, 0.717) is 24.9 Å². The van der Waals surface area contributed by atoms with Crippen LogP contribution in [0.5, 0.6) is 0 Å². The summed E-state index contributed by atoms with van der Waals surface area (Å²) >= 11 is 0. The van der Waals surface area contributed by atoms with Gasteiger partial charge in [-0.25, -0.2) is 14.8 Å². The van der Waals surface area contributed by atoms with Crippen molar-refractivity contribution in [2.24, 2.45) is 4.99 Å². The zero-order valence-corrected chi connectivity index (χ0v) is 18.7. The van der Waals surface area contributed by atoms with Gasteiger partial charge in [0.1, 0.15) is 17.9 Å². The van der Waals surface area contributed by atoms with Crippen molar-refractivity contribution < 1.29 is 13.9 Å². The number of carbonyl (C=O) groups is 1. The number of hydrogen-bond acceptors (Lipinski definition) is 5. The first-order chi connectivity index (χ1) is 13.0. The SMILES string of the molecule is CCNC(=NCc1nc(C)c(C)o1)NCC(CC)(CC)NC(=O)OC(C)(C)C. The molecule has 8 heteroatoms. The quantitative estimate of drug-likeness (QED) is 0.460. The Morgan fingerprint density at radius 1 is 1.14 bits per heavy atom. The number of aryl methyl sites for hydroxylation is 2. The molecule has 160 valence electrons. The number of guanidine groups is 1. The molecule has 0 aromatic carbocycles. The average Bonchev–Trinajstić information content (AvgIpc) is 2.92. The van der Waals surface area contributed by atoms with Crippen LogP contribution in [-0.4, -0.2) is 41.3 Å². The summed E-state index contributed by atoms with van der Waals surface area (Å²) in [7, 11) is 0. The number of hydrogen-bond donors (Lipinski definition) is 3. The second-order valence-electron chi connectivity index (χ2n) is 7.91. The number of aromatic nitrogens is 1. The van der Waals surface area contributed by atoms with E-state index in [1.54, 1.807) is 0 Å². The van der Waals surface area contributed by atoms with E-state index in [0.717, 1.165) is 30.8 Å². The van der Waals surface area contributed by atoms with Crippen molar-refractivity contribution in [2.45, 2.75) is 85.9 Å². The summed E-state index contributed by atoms with van der Waals surface area (Å²) in [5, 5.41) is 9.57. The molecule has 0 bridgehead atoms. The fourth-order valence-corrected chi connectivity index (χ4v) is 2.59. The van der Waals surface area contributed by atoms with Gasteiger partial charge in [0.15, 0.2) is 5.96 Å². The lowest BCUT2D eigenvalue weighted by Gasteiger charge is -2.34.